The Morgan fingerprint density at radius 3 is 2.76 bits per heavy atom. The maximum absolute atomic E-state index is 6.28. The third-order valence-corrected chi connectivity index (χ3v) is 3.47. The molecule has 2 aliphatic rings. The van der Waals surface area contributed by atoms with Crippen molar-refractivity contribution in [1.82, 2.24) is 10.1 Å². The van der Waals surface area contributed by atoms with Gasteiger partial charge in [-0.15, -0.1) is 0 Å². The van der Waals surface area contributed by atoms with Crippen LogP contribution in [-0.2, 0) is 15.0 Å². The fourth-order valence-corrected chi connectivity index (χ4v) is 2.30. The fraction of sp³-hybridized carbons (Fsp3) is 0.818. The van der Waals surface area contributed by atoms with Crippen LogP contribution in [-0.4, -0.2) is 30.0 Å². The van der Waals surface area contributed by atoms with Crippen molar-refractivity contribution in [1.29, 1.82) is 0 Å². The van der Waals surface area contributed by atoms with E-state index in [1.165, 1.54) is 0 Å². The van der Waals surface area contributed by atoms with Crippen LogP contribution >= 0.6 is 0 Å². The summed E-state index contributed by atoms with van der Waals surface area (Å²) in [5.74, 6) is 1.15. The molecule has 94 valence electrons. The molecule has 0 aliphatic carbocycles. The van der Waals surface area contributed by atoms with Crippen molar-refractivity contribution in [3.63, 3.8) is 0 Å². The molecule has 0 saturated carbocycles. The van der Waals surface area contributed by atoms with Crippen molar-refractivity contribution >= 4 is 0 Å². The van der Waals surface area contributed by atoms with Crippen molar-refractivity contribution < 1.29 is 14.0 Å². The van der Waals surface area contributed by atoms with Crippen LogP contribution < -0.4 is 5.73 Å². The monoisotopic (exact) mass is 239 g/mol. The van der Waals surface area contributed by atoms with Gasteiger partial charge in [0, 0.05) is 19.8 Å². The van der Waals surface area contributed by atoms with Crippen LogP contribution in [0.3, 0.4) is 0 Å². The standard InChI is InChI=1S/C11H17N3O3/c12-11(3-6-15-7-4-11)10-13-9(14-17-10)8-2-1-5-16-8/h8H,1-7,12H2. The van der Waals surface area contributed by atoms with Gasteiger partial charge in [0.05, 0.1) is 0 Å². The van der Waals surface area contributed by atoms with Gasteiger partial charge in [-0.05, 0) is 25.7 Å². The molecule has 0 aromatic carbocycles. The molecule has 2 N–H and O–H groups in total. The lowest BCUT2D eigenvalue weighted by Crippen LogP contribution is -2.42. The van der Waals surface area contributed by atoms with Crippen LogP contribution in [0, 0.1) is 0 Å². The van der Waals surface area contributed by atoms with E-state index >= 15 is 0 Å². The second kappa shape index (κ2) is 4.36. The summed E-state index contributed by atoms with van der Waals surface area (Å²) in [4.78, 5) is 4.40. The largest absolute Gasteiger partial charge is 0.381 e. The lowest BCUT2D eigenvalue weighted by atomic mass is 9.91. The molecule has 2 aliphatic heterocycles. The van der Waals surface area contributed by atoms with Gasteiger partial charge in [0.15, 0.2) is 0 Å². The summed E-state index contributed by atoms with van der Waals surface area (Å²) in [6.07, 6.45) is 3.44. The fourth-order valence-electron chi connectivity index (χ4n) is 2.30. The third-order valence-electron chi connectivity index (χ3n) is 3.47. The minimum absolute atomic E-state index is 0.0176. The first-order chi connectivity index (χ1) is 8.28. The van der Waals surface area contributed by atoms with Crippen molar-refractivity contribution in [3.05, 3.63) is 11.7 Å². The van der Waals surface area contributed by atoms with Gasteiger partial charge in [0.25, 0.3) is 0 Å². The second-order valence-electron chi connectivity index (χ2n) is 4.73. The van der Waals surface area contributed by atoms with Gasteiger partial charge >= 0.3 is 0 Å². The molecular formula is C11H17N3O3. The molecule has 1 atom stereocenters. The maximum Gasteiger partial charge on any atom is 0.247 e. The van der Waals surface area contributed by atoms with E-state index in [1.807, 2.05) is 0 Å². The smallest absolute Gasteiger partial charge is 0.247 e. The molecule has 0 amide bonds. The first-order valence-electron chi connectivity index (χ1n) is 6.10. The number of rotatable bonds is 2. The first-order valence-corrected chi connectivity index (χ1v) is 6.10. The molecule has 0 bridgehead atoms. The number of nitrogens with zero attached hydrogens (tertiary/aromatic N) is 2. The average molecular weight is 239 g/mol. The molecule has 2 fully saturated rings. The Bertz CT molecular complexity index is 381. The minimum Gasteiger partial charge on any atom is -0.381 e. The van der Waals surface area contributed by atoms with E-state index in [-0.39, 0.29) is 6.10 Å². The van der Waals surface area contributed by atoms with Crippen LogP contribution in [0.15, 0.2) is 4.52 Å². The molecular weight excluding hydrogens is 222 g/mol. The van der Waals surface area contributed by atoms with E-state index in [2.05, 4.69) is 10.1 Å². The molecule has 3 rings (SSSR count). The summed E-state index contributed by atoms with van der Waals surface area (Å²) >= 11 is 0. The van der Waals surface area contributed by atoms with Gasteiger partial charge in [0.1, 0.15) is 11.6 Å². The number of ether oxygens (including phenoxy) is 2. The molecule has 0 radical (unpaired) electrons. The van der Waals surface area contributed by atoms with Gasteiger partial charge in [0.2, 0.25) is 11.7 Å². The van der Waals surface area contributed by atoms with E-state index in [0.29, 0.717) is 24.9 Å². The summed E-state index contributed by atoms with van der Waals surface area (Å²) < 4.78 is 16.1. The van der Waals surface area contributed by atoms with Crippen LogP contribution in [0.2, 0.25) is 0 Å². The Morgan fingerprint density at radius 2 is 2.06 bits per heavy atom. The predicted molar refractivity (Wildman–Crippen MR) is 58.1 cm³/mol. The molecule has 1 aromatic heterocycles. The maximum atomic E-state index is 6.28. The first kappa shape index (κ1) is 11.1. The van der Waals surface area contributed by atoms with E-state index in [4.69, 9.17) is 19.7 Å². The number of hydrogen-bond donors (Lipinski definition) is 1. The highest BCUT2D eigenvalue weighted by Crippen LogP contribution is 2.31. The van der Waals surface area contributed by atoms with Crippen molar-refractivity contribution in [2.24, 2.45) is 5.73 Å². The molecule has 6 heteroatoms. The number of hydrogen-bond acceptors (Lipinski definition) is 6. The Morgan fingerprint density at radius 1 is 1.24 bits per heavy atom. The lowest BCUT2D eigenvalue weighted by molar-refractivity contribution is 0.0400. The summed E-state index contributed by atoms with van der Waals surface area (Å²) in [6, 6.07) is 0. The SMILES string of the molecule is NC1(c2nc(C3CCCO3)no2)CCOCC1. The van der Waals surface area contributed by atoms with Gasteiger partial charge in [-0.25, -0.2) is 0 Å². The second-order valence-corrected chi connectivity index (χ2v) is 4.73. The highest BCUT2D eigenvalue weighted by molar-refractivity contribution is 5.05. The Labute approximate surface area is 99.5 Å². The molecule has 3 heterocycles. The molecule has 17 heavy (non-hydrogen) atoms. The third kappa shape index (κ3) is 2.08. The Balaban J connectivity index is 1.78. The normalized spacial score (nSPS) is 28.4. The lowest BCUT2D eigenvalue weighted by Gasteiger charge is -2.29. The zero-order chi connectivity index (χ0) is 11.7. The molecule has 1 unspecified atom stereocenters. The highest BCUT2D eigenvalue weighted by Gasteiger charge is 2.36. The molecule has 1 aromatic rings. The molecule has 0 spiro atoms. The van der Waals surface area contributed by atoms with Crippen LogP contribution in [0.4, 0.5) is 0 Å². The zero-order valence-electron chi connectivity index (χ0n) is 9.72. The van der Waals surface area contributed by atoms with E-state index in [0.717, 1.165) is 32.3 Å². The molecule has 2 saturated heterocycles. The number of aromatic nitrogens is 2. The van der Waals surface area contributed by atoms with Gasteiger partial charge in [-0.3, -0.25) is 0 Å². The van der Waals surface area contributed by atoms with Crippen molar-refractivity contribution in [2.75, 3.05) is 19.8 Å². The quantitative estimate of drug-likeness (QED) is 0.825. The summed E-state index contributed by atoms with van der Waals surface area (Å²) in [7, 11) is 0. The Hall–Kier alpha value is -0.980. The van der Waals surface area contributed by atoms with Gasteiger partial charge in [-0.2, -0.15) is 4.98 Å². The van der Waals surface area contributed by atoms with Crippen molar-refractivity contribution in [2.45, 2.75) is 37.3 Å². The van der Waals surface area contributed by atoms with Gasteiger partial charge in [-0.1, -0.05) is 5.16 Å². The van der Waals surface area contributed by atoms with E-state index in [1.54, 1.807) is 0 Å². The Kier molecular flexibility index (Phi) is 2.85. The van der Waals surface area contributed by atoms with Gasteiger partial charge < -0.3 is 19.7 Å². The van der Waals surface area contributed by atoms with Crippen LogP contribution in [0.5, 0.6) is 0 Å². The van der Waals surface area contributed by atoms with Crippen LogP contribution in [0.1, 0.15) is 43.5 Å². The van der Waals surface area contributed by atoms with E-state index < -0.39 is 5.54 Å². The average Bonchev–Trinajstić information content (AvgIpc) is 3.01. The molecule has 6 nitrogen and oxygen atoms in total. The highest BCUT2D eigenvalue weighted by atomic mass is 16.5. The summed E-state index contributed by atoms with van der Waals surface area (Å²) in [5.41, 5.74) is 5.75. The predicted octanol–water partition coefficient (Wildman–Crippen LogP) is 0.885. The summed E-state index contributed by atoms with van der Waals surface area (Å²) in [5, 5.41) is 3.99. The van der Waals surface area contributed by atoms with E-state index in [9.17, 15) is 0 Å². The zero-order valence-corrected chi connectivity index (χ0v) is 9.72. The summed E-state index contributed by atoms with van der Waals surface area (Å²) in [6.45, 7) is 2.07. The van der Waals surface area contributed by atoms with Crippen LogP contribution in [0.25, 0.3) is 0 Å². The topological polar surface area (TPSA) is 83.4 Å². The number of nitrogens with two attached hydrogens (primary N) is 1. The van der Waals surface area contributed by atoms with Crippen molar-refractivity contribution in [3.8, 4) is 0 Å². The minimum atomic E-state index is -0.526.